The van der Waals surface area contributed by atoms with Crippen molar-refractivity contribution in [2.45, 2.75) is 26.2 Å². The van der Waals surface area contributed by atoms with E-state index in [4.69, 9.17) is 0 Å². The fraction of sp³-hybridized carbons (Fsp3) is 0.364. The predicted molar refractivity (Wildman–Crippen MR) is 97.5 cm³/mol. The summed E-state index contributed by atoms with van der Waals surface area (Å²) in [4.78, 5) is 0. The maximum atomic E-state index is 4.43. The molecule has 1 nitrogen and oxygen atoms in total. The van der Waals surface area contributed by atoms with Crippen molar-refractivity contribution in [2.75, 3.05) is 0 Å². The molecule has 1 saturated carbocycles. The molecule has 118 valence electrons. The van der Waals surface area contributed by atoms with Gasteiger partial charge in [0.1, 0.15) is 0 Å². The first-order valence-electron chi connectivity index (χ1n) is 8.79. The second-order valence-electron chi connectivity index (χ2n) is 7.13. The van der Waals surface area contributed by atoms with Crippen LogP contribution in [0.1, 0.15) is 30.9 Å². The zero-order valence-electron chi connectivity index (χ0n) is 13.9. The molecule has 0 saturated heterocycles. The SMILES string of the molecule is C=C1NC=CC2C1C(=C)C1CCC(c3cccc(CC)c3)=CC12. The Morgan fingerprint density at radius 1 is 1.22 bits per heavy atom. The van der Waals surface area contributed by atoms with Crippen molar-refractivity contribution in [3.05, 3.63) is 78.2 Å². The highest BCUT2D eigenvalue weighted by molar-refractivity contribution is 5.68. The molecular formula is C22H25N. The Morgan fingerprint density at radius 2 is 2.09 bits per heavy atom. The van der Waals surface area contributed by atoms with Gasteiger partial charge in [0.2, 0.25) is 0 Å². The van der Waals surface area contributed by atoms with Crippen LogP contribution in [-0.2, 0) is 6.42 Å². The van der Waals surface area contributed by atoms with E-state index in [1.807, 2.05) is 0 Å². The Labute approximate surface area is 139 Å². The normalized spacial score (nSPS) is 32.1. The Bertz CT molecular complexity index is 721. The summed E-state index contributed by atoms with van der Waals surface area (Å²) >= 11 is 0. The molecule has 4 rings (SSSR count). The summed E-state index contributed by atoms with van der Waals surface area (Å²) in [6, 6.07) is 9.06. The molecule has 1 aromatic carbocycles. The van der Waals surface area contributed by atoms with E-state index >= 15 is 0 Å². The highest BCUT2D eigenvalue weighted by Crippen LogP contribution is 2.54. The van der Waals surface area contributed by atoms with E-state index in [0.717, 1.165) is 18.5 Å². The van der Waals surface area contributed by atoms with Gasteiger partial charge < -0.3 is 5.32 Å². The molecule has 0 spiro atoms. The first-order chi connectivity index (χ1) is 11.2. The van der Waals surface area contributed by atoms with E-state index in [1.165, 1.54) is 28.7 Å². The van der Waals surface area contributed by atoms with Crippen LogP contribution in [0.5, 0.6) is 0 Å². The lowest BCUT2D eigenvalue weighted by Gasteiger charge is -2.29. The second-order valence-corrected chi connectivity index (χ2v) is 7.13. The molecule has 0 radical (unpaired) electrons. The fourth-order valence-electron chi connectivity index (χ4n) is 4.73. The molecule has 0 aromatic heterocycles. The van der Waals surface area contributed by atoms with Crippen molar-refractivity contribution in [3.63, 3.8) is 0 Å². The molecule has 2 aliphatic carbocycles. The third-order valence-corrected chi connectivity index (χ3v) is 5.96. The molecule has 1 heteroatoms. The second kappa shape index (κ2) is 5.56. The van der Waals surface area contributed by atoms with Crippen LogP contribution in [0.15, 0.2) is 67.0 Å². The molecule has 23 heavy (non-hydrogen) atoms. The van der Waals surface area contributed by atoms with Gasteiger partial charge >= 0.3 is 0 Å². The van der Waals surface area contributed by atoms with Gasteiger partial charge in [-0.15, -0.1) is 0 Å². The van der Waals surface area contributed by atoms with Crippen LogP contribution in [0.4, 0.5) is 0 Å². The summed E-state index contributed by atoms with van der Waals surface area (Å²) in [5.41, 5.74) is 6.87. The molecule has 0 bridgehead atoms. The maximum Gasteiger partial charge on any atom is 0.0263 e. The summed E-state index contributed by atoms with van der Waals surface area (Å²) in [5, 5.41) is 3.29. The van der Waals surface area contributed by atoms with Gasteiger partial charge in [0.15, 0.2) is 0 Å². The van der Waals surface area contributed by atoms with Crippen LogP contribution in [0.3, 0.4) is 0 Å². The van der Waals surface area contributed by atoms with E-state index in [0.29, 0.717) is 23.7 Å². The quantitative estimate of drug-likeness (QED) is 0.750. The van der Waals surface area contributed by atoms with Crippen molar-refractivity contribution in [1.82, 2.24) is 5.32 Å². The minimum Gasteiger partial charge on any atom is -0.365 e. The molecule has 4 unspecified atom stereocenters. The Balaban J connectivity index is 1.71. The fourth-order valence-corrected chi connectivity index (χ4v) is 4.73. The first-order valence-corrected chi connectivity index (χ1v) is 8.79. The first kappa shape index (κ1) is 14.6. The number of rotatable bonds is 2. The van der Waals surface area contributed by atoms with Gasteiger partial charge in [-0.3, -0.25) is 0 Å². The minimum atomic E-state index is 0.410. The van der Waals surface area contributed by atoms with Crippen LogP contribution < -0.4 is 5.32 Å². The molecule has 0 amide bonds. The smallest absolute Gasteiger partial charge is 0.0263 e. The third kappa shape index (κ3) is 2.30. The van der Waals surface area contributed by atoms with E-state index in [1.54, 1.807) is 0 Å². The largest absolute Gasteiger partial charge is 0.365 e. The molecule has 1 N–H and O–H groups in total. The van der Waals surface area contributed by atoms with Gasteiger partial charge in [-0.1, -0.05) is 62.1 Å². The van der Waals surface area contributed by atoms with Crippen molar-refractivity contribution >= 4 is 5.57 Å². The van der Waals surface area contributed by atoms with Crippen LogP contribution in [0.2, 0.25) is 0 Å². The Hall–Kier alpha value is -2.02. The number of nitrogens with one attached hydrogen (secondary N) is 1. The van der Waals surface area contributed by atoms with E-state index in [2.05, 4.69) is 68.0 Å². The summed E-state index contributed by atoms with van der Waals surface area (Å²) in [7, 11) is 0. The lowest BCUT2D eigenvalue weighted by atomic mass is 9.77. The average molecular weight is 303 g/mol. The average Bonchev–Trinajstić information content (AvgIpc) is 2.88. The van der Waals surface area contributed by atoms with Gasteiger partial charge in [0, 0.05) is 11.6 Å². The van der Waals surface area contributed by atoms with Gasteiger partial charge in [0.05, 0.1) is 0 Å². The third-order valence-electron chi connectivity index (χ3n) is 5.96. The zero-order valence-corrected chi connectivity index (χ0v) is 13.9. The monoisotopic (exact) mass is 303 g/mol. The Kier molecular flexibility index (Phi) is 3.52. The number of hydrogen-bond acceptors (Lipinski definition) is 1. The molecule has 4 atom stereocenters. The van der Waals surface area contributed by atoms with Gasteiger partial charge in [-0.25, -0.2) is 0 Å². The van der Waals surface area contributed by atoms with Crippen LogP contribution in [0.25, 0.3) is 5.57 Å². The van der Waals surface area contributed by atoms with Crippen molar-refractivity contribution in [1.29, 1.82) is 0 Å². The highest BCUT2D eigenvalue weighted by atomic mass is 14.9. The molecule has 1 aromatic rings. The number of fused-ring (bicyclic) bond motifs is 3. The van der Waals surface area contributed by atoms with E-state index < -0.39 is 0 Å². The number of aryl methyl sites for hydroxylation is 1. The topological polar surface area (TPSA) is 12.0 Å². The van der Waals surface area contributed by atoms with Crippen LogP contribution in [0, 0.1) is 23.7 Å². The Morgan fingerprint density at radius 3 is 2.91 bits per heavy atom. The van der Waals surface area contributed by atoms with Crippen molar-refractivity contribution in [3.8, 4) is 0 Å². The standard InChI is InChI=1S/C22H25N/c1-4-16-6-5-7-17(12-16)18-8-9-19-14(2)22-15(3)23-11-10-20(22)21(19)13-18/h5-7,10-13,19-23H,2-4,8-9H2,1H3. The van der Waals surface area contributed by atoms with E-state index in [-0.39, 0.29) is 0 Å². The summed E-state index contributed by atoms with van der Waals surface area (Å²) in [5.74, 6) is 2.14. The predicted octanol–water partition coefficient (Wildman–Crippen LogP) is 5.09. The maximum absolute atomic E-state index is 4.43. The molecule has 1 fully saturated rings. The van der Waals surface area contributed by atoms with Gasteiger partial charge in [-0.2, -0.15) is 0 Å². The van der Waals surface area contributed by atoms with Gasteiger partial charge in [0.25, 0.3) is 0 Å². The van der Waals surface area contributed by atoms with Gasteiger partial charge in [-0.05, 0) is 59.9 Å². The lowest BCUT2D eigenvalue weighted by molar-refractivity contribution is 0.388. The molecular weight excluding hydrogens is 278 g/mol. The molecule has 3 aliphatic rings. The van der Waals surface area contributed by atoms with Crippen molar-refractivity contribution < 1.29 is 0 Å². The van der Waals surface area contributed by atoms with Crippen LogP contribution in [-0.4, -0.2) is 0 Å². The van der Waals surface area contributed by atoms with Crippen molar-refractivity contribution in [2.24, 2.45) is 23.7 Å². The highest BCUT2D eigenvalue weighted by Gasteiger charge is 2.46. The minimum absolute atomic E-state index is 0.410. The molecule has 1 aliphatic heterocycles. The summed E-state index contributed by atoms with van der Waals surface area (Å²) in [6.07, 6.45) is 10.4. The lowest BCUT2D eigenvalue weighted by Crippen LogP contribution is -2.25. The number of hydrogen-bond donors (Lipinski definition) is 1. The zero-order chi connectivity index (χ0) is 16.0. The van der Waals surface area contributed by atoms with E-state index in [9.17, 15) is 0 Å². The summed E-state index contributed by atoms with van der Waals surface area (Å²) < 4.78 is 0. The molecule has 1 heterocycles. The summed E-state index contributed by atoms with van der Waals surface area (Å²) in [6.45, 7) is 10.9. The number of allylic oxidation sites excluding steroid dienone is 4. The van der Waals surface area contributed by atoms with Crippen LogP contribution >= 0.6 is 0 Å². The number of benzene rings is 1.